The molecule has 1 heterocycles. The quantitative estimate of drug-likeness (QED) is 0.186. The fourth-order valence-corrected chi connectivity index (χ4v) is 4.49. The highest BCUT2D eigenvalue weighted by Gasteiger charge is 2.38. The molecule has 0 aliphatic carbocycles. The lowest BCUT2D eigenvalue weighted by molar-refractivity contribution is -0.149. The van der Waals surface area contributed by atoms with Gasteiger partial charge in [-0.15, -0.1) is 0 Å². The molecule has 12 nitrogen and oxygen atoms in total. The van der Waals surface area contributed by atoms with Gasteiger partial charge in [-0.05, 0) is 55.4 Å². The van der Waals surface area contributed by atoms with Gasteiger partial charge in [0.15, 0.2) is 0 Å². The number of nitrogens with two attached hydrogens (primary N) is 1. The largest absolute Gasteiger partial charge is 0.508 e. The smallest absolute Gasteiger partial charge is 0.326 e. The highest BCUT2D eigenvalue weighted by molar-refractivity contribution is 7.98. The Hall–Kier alpha value is -3.32. The van der Waals surface area contributed by atoms with Crippen molar-refractivity contribution >= 4 is 41.4 Å². The fourth-order valence-electron chi connectivity index (χ4n) is 4.02. The number of hydrogen-bond donors (Lipinski definition) is 6. The number of hydrogen-bond acceptors (Lipinski definition) is 8. The van der Waals surface area contributed by atoms with Gasteiger partial charge in [0.2, 0.25) is 17.7 Å². The summed E-state index contributed by atoms with van der Waals surface area (Å²) in [5, 5.41) is 33.1. The van der Waals surface area contributed by atoms with E-state index in [0.29, 0.717) is 24.2 Å². The van der Waals surface area contributed by atoms with Gasteiger partial charge in [0.05, 0.1) is 6.04 Å². The third kappa shape index (κ3) is 9.25. The van der Waals surface area contributed by atoms with Crippen molar-refractivity contribution in [3.63, 3.8) is 0 Å². The molecule has 1 aliphatic rings. The minimum absolute atomic E-state index is 0.0280. The minimum atomic E-state index is -1.13. The second kappa shape index (κ2) is 14.4. The Morgan fingerprint density at radius 3 is 2.30 bits per heavy atom. The first-order chi connectivity index (χ1) is 17.5. The fraction of sp³-hybridized carbons (Fsp3) is 0.542. The summed E-state index contributed by atoms with van der Waals surface area (Å²) in [6, 6.07) is 1.78. The lowest BCUT2D eigenvalue weighted by atomic mass is 10.0. The van der Waals surface area contributed by atoms with Crippen LogP contribution in [0.1, 0.15) is 37.7 Å². The Kier molecular flexibility index (Phi) is 11.7. The van der Waals surface area contributed by atoms with E-state index in [1.54, 1.807) is 12.1 Å². The summed E-state index contributed by atoms with van der Waals surface area (Å²) in [6.45, 7) is 0.239. The van der Waals surface area contributed by atoms with Crippen LogP contribution in [-0.4, -0.2) is 92.6 Å². The van der Waals surface area contributed by atoms with Gasteiger partial charge < -0.3 is 36.6 Å². The molecule has 1 fully saturated rings. The monoisotopic (exact) mass is 538 g/mol. The number of phenolic OH excluding ortho intramolecular Hbond substituents is 1. The number of carbonyl (C=O) groups excluding carboxylic acids is 3. The van der Waals surface area contributed by atoms with Crippen LogP contribution in [0.25, 0.3) is 0 Å². The number of amides is 3. The topological polar surface area (TPSA) is 199 Å². The Morgan fingerprint density at radius 1 is 1.05 bits per heavy atom. The highest BCUT2D eigenvalue weighted by Crippen LogP contribution is 2.20. The summed E-state index contributed by atoms with van der Waals surface area (Å²) in [4.78, 5) is 62.9. The molecule has 0 bridgehead atoms. The van der Waals surface area contributed by atoms with Crippen LogP contribution in [0, 0.1) is 0 Å². The summed E-state index contributed by atoms with van der Waals surface area (Å²) in [7, 11) is 0. The zero-order valence-corrected chi connectivity index (χ0v) is 21.4. The molecule has 0 spiro atoms. The Morgan fingerprint density at radius 2 is 1.70 bits per heavy atom. The van der Waals surface area contributed by atoms with Crippen LogP contribution in [-0.2, 0) is 30.4 Å². The summed E-state index contributed by atoms with van der Waals surface area (Å²) in [5.74, 6) is -3.57. The average Bonchev–Trinajstić information content (AvgIpc) is 3.35. The van der Waals surface area contributed by atoms with E-state index in [-0.39, 0.29) is 38.0 Å². The standard InChI is InChI=1S/C24H34N4O8S/c1-37-12-10-17(26-21(32)16(25)8-9-20(30)31)22(33)27-18(13-14-4-6-15(29)7-5-14)23(34)28-11-2-3-19(28)24(35)36/h4-7,16-19,29H,2-3,8-13,25H2,1H3,(H,26,32)(H,27,33)(H,30,31)(H,35,36). The van der Waals surface area contributed by atoms with Crippen LogP contribution < -0.4 is 16.4 Å². The van der Waals surface area contributed by atoms with Crippen LogP contribution in [0.4, 0.5) is 0 Å². The van der Waals surface area contributed by atoms with Crippen LogP contribution >= 0.6 is 11.8 Å². The molecule has 1 aromatic carbocycles. The molecule has 4 unspecified atom stereocenters. The van der Waals surface area contributed by atoms with Crippen LogP contribution in [0.2, 0.25) is 0 Å². The zero-order valence-electron chi connectivity index (χ0n) is 20.6. The minimum Gasteiger partial charge on any atom is -0.508 e. The SMILES string of the molecule is CSCCC(NC(=O)C(N)CCC(=O)O)C(=O)NC(Cc1ccc(O)cc1)C(=O)N1CCCC1C(=O)O. The van der Waals surface area contributed by atoms with E-state index in [1.165, 1.54) is 28.8 Å². The molecule has 0 saturated carbocycles. The Labute approximate surface area is 219 Å². The number of nitrogens with zero attached hydrogens (tertiary/aromatic N) is 1. The number of carboxylic acids is 2. The van der Waals surface area contributed by atoms with Gasteiger partial charge in [0.1, 0.15) is 23.9 Å². The Bertz CT molecular complexity index is 974. The summed E-state index contributed by atoms with van der Waals surface area (Å²) >= 11 is 1.45. The van der Waals surface area contributed by atoms with E-state index >= 15 is 0 Å². The lowest BCUT2D eigenvalue weighted by Crippen LogP contribution is -2.57. The molecular weight excluding hydrogens is 504 g/mol. The molecule has 1 saturated heterocycles. The number of rotatable bonds is 14. The maximum absolute atomic E-state index is 13.4. The second-order valence-electron chi connectivity index (χ2n) is 8.84. The van der Waals surface area contributed by atoms with Crippen LogP contribution in [0.15, 0.2) is 24.3 Å². The second-order valence-corrected chi connectivity index (χ2v) is 9.83. The van der Waals surface area contributed by atoms with Crippen molar-refractivity contribution in [3.05, 3.63) is 29.8 Å². The summed E-state index contributed by atoms with van der Waals surface area (Å²) < 4.78 is 0. The molecule has 13 heteroatoms. The summed E-state index contributed by atoms with van der Waals surface area (Å²) in [6.07, 6.45) is 2.50. The van der Waals surface area contributed by atoms with Crippen molar-refractivity contribution in [1.29, 1.82) is 0 Å². The molecule has 2 rings (SSSR count). The van der Waals surface area contributed by atoms with Gasteiger partial charge in [-0.25, -0.2) is 4.79 Å². The lowest BCUT2D eigenvalue weighted by Gasteiger charge is -2.29. The predicted octanol–water partition coefficient (Wildman–Crippen LogP) is -0.0749. The van der Waals surface area contributed by atoms with Crippen LogP contribution in [0.3, 0.4) is 0 Å². The molecule has 1 aromatic rings. The van der Waals surface area contributed by atoms with E-state index in [2.05, 4.69) is 10.6 Å². The number of benzene rings is 1. The van der Waals surface area contributed by atoms with Gasteiger partial charge in [-0.3, -0.25) is 19.2 Å². The number of thioether (sulfide) groups is 1. The first-order valence-corrected chi connectivity index (χ1v) is 13.3. The molecule has 37 heavy (non-hydrogen) atoms. The number of carbonyl (C=O) groups is 5. The zero-order chi connectivity index (χ0) is 27.5. The molecule has 0 radical (unpaired) electrons. The van der Waals surface area contributed by atoms with E-state index < -0.39 is 53.8 Å². The molecular formula is C24H34N4O8S. The van der Waals surface area contributed by atoms with Gasteiger partial charge in [-0.1, -0.05) is 12.1 Å². The molecule has 4 atom stereocenters. The number of carboxylic acid groups (broad SMARTS) is 2. The number of aromatic hydroxyl groups is 1. The van der Waals surface area contributed by atoms with Gasteiger partial charge in [0, 0.05) is 19.4 Å². The van der Waals surface area contributed by atoms with Gasteiger partial charge in [-0.2, -0.15) is 11.8 Å². The molecule has 0 aromatic heterocycles. The van der Waals surface area contributed by atoms with Crippen molar-refractivity contribution in [2.24, 2.45) is 5.73 Å². The molecule has 204 valence electrons. The first kappa shape index (κ1) is 29.9. The molecule has 3 amide bonds. The van der Waals surface area contributed by atoms with Gasteiger partial charge >= 0.3 is 11.9 Å². The molecule has 7 N–H and O–H groups in total. The first-order valence-electron chi connectivity index (χ1n) is 11.9. The van der Waals surface area contributed by atoms with Crippen molar-refractivity contribution < 1.29 is 39.3 Å². The van der Waals surface area contributed by atoms with Gasteiger partial charge in [0.25, 0.3) is 0 Å². The van der Waals surface area contributed by atoms with E-state index in [9.17, 15) is 34.2 Å². The number of nitrogens with one attached hydrogen (secondary N) is 2. The van der Waals surface area contributed by atoms with Crippen molar-refractivity contribution in [1.82, 2.24) is 15.5 Å². The third-order valence-corrected chi connectivity index (χ3v) is 6.71. The normalized spacial score (nSPS) is 17.5. The maximum atomic E-state index is 13.4. The van der Waals surface area contributed by atoms with E-state index in [0.717, 1.165) is 0 Å². The van der Waals surface area contributed by atoms with Crippen molar-refractivity contribution in [2.75, 3.05) is 18.6 Å². The Balaban J connectivity index is 2.22. The number of phenols is 1. The van der Waals surface area contributed by atoms with Crippen LogP contribution in [0.5, 0.6) is 5.75 Å². The average molecular weight is 539 g/mol. The maximum Gasteiger partial charge on any atom is 0.326 e. The van der Waals surface area contributed by atoms with Crippen molar-refractivity contribution in [2.45, 2.75) is 62.7 Å². The predicted molar refractivity (Wildman–Crippen MR) is 136 cm³/mol. The highest BCUT2D eigenvalue weighted by atomic mass is 32.2. The number of likely N-dealkylation sites (tertiary alicyclic amines) is 1. The van der Waals surface area contributed by atoms with Crippen molar-refractivity contribution in [3.8, 4) is 5.75 Å². The number of aliphatic carboxylic acids is 2. The molecule has 1 aliphatic heterocycles. The summed E-state index contributed by atoms with van der Waals surface area (Å²) in [5.41, 5.74) is 6.41. The van der Waals surface area contributed by atoms with E-state index in [4.69, 9.17) is 10.8 Å². The third-order valence-electron chi connectivity index (χ3n) is 6.06. The van der Waals surface area contributed by atoms with E-state index in [1.807, 2.05) is 6.26 Å².